The van der Waals surface area contributed by atoms with Gasteiger partial charge in [0.15, 0.2) is 0 Å². The zero-order valence-corrected chi connectivity index (χ0v) is 12.3. The molecule has 0 heterocycles. The maximum atomic E-state index is 10.6. The number of rotatable bonds is 4. The van der Waals surface area contributed by atoms with Crippen LogP contribution in [-0.2, 0) is 6.42 Å². The third-order valence-electron chi connectivity index (χ3n) is 2.99. The highest BCUT2D eigenvalue weighted by Crippen LogP contribution is 2.11. The van der Waals surface area contributed by atoms with Gasteiger partial charge in [-0.2, -0.15) is 0 Å². The van der Waals surface area contributed by atoms with E-state index in [-0.39, 0.29) is 11.1 Å². The lowest BCUT2D eigenvalue weighted by atomic mass is 10.1. The van der Waals surface area contributed by atoms with Gasteiger partial charge in [-0.05, 0) is 43.1 Å². The van der Waals surface area contributed by atoms with Crippen LogP contribution in [0.1, 0.15) is 31.8 Å². The highest BCUT2D eigenvalue weighted by molar-refractivity contribution is 5.94. The third kappa shape index (κ3) is 5.38. The summed E-state index contributed by atoms with van der Waals surface area (Å²) in [7, 11) is 0. The van der Waals surface area contributed by atoms with Crippen LogP contribution in [0.3, 0.4) is 0 Å². The van der Waals surface area contributed by atoms with Crippen LogP contribution in [0.5, 0.6) is 0 Å². The normalized spacial score (nSPS) is 9.55. The minimum Gasteiger partial charge on any atom is -0.478 e. The first-order chi connectivity index (χ1) is 10.5. The summed E-state index contributed by atoms with van der Waals surface area (Å²) in [6.45, 7) is 2.36. The molecule has 0 spiro atoms. The van der Waals surface area contributed by atoms with E-state index in [2.05, 4.69) is 12.1 Å². The van der Waals surface area contributed by atoms with E-state index in [0.717, 1.165) is 19.0 Å². The number of carbonyl (C=O) groups is 2. The predicted molar refractivity (Wildman–Crippen MR) is 84.3 cm³/mol. The zero-order chi connectivity index (χ0) is 16.5. The average molecular weight is 301 g/mol. The minimum absolute atomic E-state index is 0.0111. The fourth-order valence-corrected chi connectivity index (χ4v) is 1.80. The Bertz CT molecular complexity index is 638. The molecule has 0 radical (unpaired) electrons. The van der Waals surface area contributed by atoms with E-state index < -0.39 is 11.9 Å². The number of carboxylic acid groups (broad SMARTS) is 2. The van der Waals surface area contributed by atoms with Crippen molar-refractivity contribution in [3.05, 3.63) is 70.8 Å². The SMILES string of the molecule is Cc1ccc(C(=O)O)cc1C(=O)O.NCCc1ccccc1. The fraction of sp³-hybridized carbons (Fsp3) is 0.176. The van der Waals surface area contributed by atoms with Gasteiger partial charge in [-0.3, -0.25) is 0 Å². The lowest BCUT2D eigenvalue weighted by Gasteiger charge is -2.01. The monoisotopic (exact) mass is 301 g/mol. The van der Waals surface area contributed by atoms with Crippen LogP contribution in [-0.4, -0.2) is 28.7 Å². The standard InChI is InChI=1S/C9H8O4.C8H11N/c1-5-2-3-6(8(10)11)4-7(5)9(12)13;9-7-6-8-4-2-1-3-5-8/h2-4H,1H3,(H,10,11)(H,12,13);1-5H,6-7,9H2. The number of nitrogens with two attached hydrogens (primary N) is 1. The molecule has 0 bridgehead atoms. The van der Waals surface area contributed by atoms with Gasteiger partial charge < -0.3 is 15.9 Å². The quantitative estimate of drug-likeness (QED) is 0.805. The van der Waals surface area contributed by atoms with Crippen LogP contribution in [0, 0.1) is 6.92 Å². The van der Waals surface area contributed by atoms with Crippen molar-refractivity contribution in [1.29, 1.82) is 0 Å². The topological polar surface area (TPSA) is 101 Å². The summed E-state index contributed by atoms with van der Waals surface area (Å²) < 4.78 is 0. The molecule has 5 heteroatoms. The Balaban J connectivity index is 0.000000235. The molecular formula is C17H19NO4. The van der Waals surface area contributed by atoms with E-state index in [1.807, 2.05) is 18.2 Å². The number of aryl methyl sites for hydroxylation is 1. The van der Waals surface area contributed by atoms with Crippen LogP contribution < -0.4 is 5.73 Å². The van der Waals surface area contributed by atoms with Crippen molar-refractivity contribution in [2.45, 2.75) is 13.3 Å². The van der Waals surface area contributed by atoms with Crippen molar-refractivity contribution >= 4 is 11.9 Å². The van der Waals surface area contributed by atoms with Gasteiger partial charge in [-0.15, -0.1) is 0 Å². The van der Waals surface area contributed by atoms with E-state index in [0.29, 0.717) is 5.56 Å². The van der Waals surface area contributed by atoms with E-state index in [9.17, 15) is 9.59 Å². The van der Waals surface area contributed by atoms with Crippen molar-refractivity contribution in [3.8, 4) is 0 Å². The molecule has 0 aromatic heterocycles. The molecule has 2 rings (SSSR count). The molecule has 0 amide bonds. The van der Waals surface area contributed by atoms with Gasteiger partial charge in [0.25, 0.3) is 0 Å². The summed E-state index contributed by atoms with van der Waals surface area (Å²) in [6, 6.07) is 14.3. The molecule has 0 fully saturated rings. The van der Waals surface area contributed by atoms with E-state index in [1.54, 1.807) is 6.92 Å². The van der Waals surface area contributed by atoms with Crippen LogP contribution in [0.4, 0.5) is 0 Å². The lowest BCUT2D eigenvalue weighted by Crippen LogP contribution is -2.03. The maximum Gasteiger partial charge on any atom is 0.335 e. The van der Waals surface area contributed by atoms with Crippen molar-refractivity contribution in [1.82, 2.24) is 0 Å². The molecule has 0 unspecified atom stereocenters. The Kier molecular flexibility index (Phi) is 6.79. The predicted octanol–water partition coefficient (Wildman–Crippen LogP) is 2.58. The smallest absolute Gasteiger partial charge is 0.335 e. The first-order valence-electron chi connectivity index (χ1n) is 6.77. The zero-order valence-electron chi connectivity index (χ0n) is 12.3. The summed E-state index contributed by atoms with van der Waals surface area (Å²) in [5.41, 5.74) is 7.25. The van der Waals surface area contributed by atoms with Crippen molar-refractivity contribution in [2.24, 2.45) is 5.73 Å². The maximum absolute atomic E-state index is 10.6. The minimum atomic E-state index is -1.12. The Morgan fingerprint density at radius 2 is 1.64 bits per heavy atom. The number of aromatic carboxylic acids is 2. The first-order valence-corrected chi connectivity index (χ1v) is 6.77. The molecular weight excluding hydrogens is 282 g/mol. The second-order valence-electron chi connectivity index (χ2n) is 4.66. The number of carboxylic acids is 2. The van der Waals surface area contributed by atoms with E-state index in [4.69, 9.17) is 15.9 Å². The second-order valence-corrected chi connectivity index (χ2v) is 4.66. The molecule has 116 valence electrons. The first kappa shape index (κ1) is 17.4. The van der Waals surface area contributed by atoms with Crippen molar-refractivity contribution in [3.63, 3.8) is 0 Å². The molecule has 0 aliphatic rings. The molecule has 5 nitrogen and oxygen atoms in total. The van der Waals surface area contributed by atoms with Gasteiger partial charge in [0.05, 0.1) is 11.1 Å². The Hall–Kier alpha value is -2.66. The van der Waals surface area contributed by atoms with Crippen LogP contribution in [0.25, 0.3) is 0 Å². The van der Waals surface area contributed by atoms with Crippen LogP contribution in [0.2, 0.25) is 0 Å². The molecule has 2 aromatic rings. The summed E-state index contributed by atoms with van der Waals surface area (Å²) in [5, 5.41) is 17.3. The molecule has 0 saturated heterocycles. The second kappa shape index (κ2) is 8.59. The molecule has 0 aliphatic carbocycles. The van der Waals surface area contributed by atoms with Crippen molar-refractivity contribution < 1.29 is 19.8 Å². The highest BCUT2D eigenvalue weighted by atomic mass is 16.4. The number of hydrogen-bond acceptors (Lipinski definition) is 3. The average Bonchev–Trinajstić information content (AvgIpc) is 2.49. The van der Waals surface area contributed by atoms with E-state index >= 15 is 0 Å². The summed E-state index contributed by atoms with van der Waals surface area (Å²) in [5.74, 6) is -2.23. The van der Waals surface area contributed by atoms with Crippen molar-refractivity contribution in [2.75, 3.05) is 6.54 Å². The molecule has 0 atom stereocenters. The summed E-state index contributed by atoms with van der Waals surface area (Å²) in [4.78, 5) is 21.1. The van der Waals surface area contributed by atoms with E-state index in [1.165, 1.54) is 17.7 Å². The summed E-state index contributed by atoms with van der Waals surface area (Å²) in [6.07, 6.45) is 0.987. The van der Waals surface area contributed by atoms with Crippen LogP contribution in [0.15, 0.2) is 48.5 Å². The third-order valence-corrected chi connectivity index (χ3v) is 2.99. The van der Waals surface area contributed by atoms with Gasteiger partial charge in [0, 0.05) is 0 Å². The molecule has 2 aromatic carbocycles. The Labute approximate surface area is 129 Å². The number of hydrogen-bond donors (Lipinski definition) is 3. The lowest BCUT2D eigenvalue weighted by molar-refractivity contribution is 0.0695. The molecule has 4 N–H and O–H groups in total. The van der Waals surface area contributed by atoms with Gasteiger partial charge in [0.1, 0.15) is 0 Å². The Morgan fingerprint density at radius 1 is 1.00 bits per heavy atom. The fourth-order valence-electron chi connectivity index (χ4n) is 1.80. The summed E-state index contributed by atoms with van der Waals surface area (Å²) >= 11 is 0. The molecule has 0 saturated carbocycles. The van der Waals surface area contributed by atoms with Gasteiger partial charge in [-0.1, -0.05) is 36.4 Å². The van der Waals surface area contributed by atoms with Gasteiger partial charge in [-0.25, -0.2) is 9.59 Å². The highest BCUT2D eigenvalue weighted by Gasteiger charge is 2.10. The number of benzene rings is 2. The molecule has 22 heavy (non-hydrogen) atoms. The van der Waals surface area contributed by atoms with Crippen LogP contribution >= 0.6 is 0 Å². The van der Waals surface area contributed by atoms with Gasteiger partial charge in [0.2, 0.25) is 0 Å². The molecule has 0 aliphatic heterocycles. The Morgan fingerprint density at radius 3 is 2.14 bits per heavy atom. The van der Waals surface area contributed by atoms with Gasteiger partial charge >= 0.3 is 11.9 Å². The largest absolute Gasteiger partial charge is 0.478 e.